The Hall–Kier alpha value is -1.63. The molecule has 0 bridgehead atoms. The molecule has 0 atom stereocenters. The van der Waals surface area contributed by atoms with Crippen LogP contribution in [0.2, 0.25) is 0 Å². The fourth-order valence-electron chi connectivity index (χ4n) is 4.13. The summed E-state index contributed by atoms with van der Waals surface area (Å²) in [5.41, 5.74) is -0.275. The highest BCUT2D eigenvalue weighted by Crippen LogP contribution is 2.26. The minimum absolute atomic E-state index is 0.0666. The van der Waals surface area contributed by atoms with Crippen molar-refractivity contribution in [2.75, 3.05) is 33.2 Å². The second-order valence-corrected chi connectivity index (χ2v) is 9.47. The highest BCUT2D eigenvalue weighted by atomic mass is 16.2. The summed E-state index contributed by atoms with van der Waals surface area (Å²) in [6.07, 6.45) is 7.27. The van der Waals surface area contributed by atoms with E-state index in [0.29, 0.717) is 5.91 Å². The van der Waals surface area contributed by atoms with E-state index in [9.17, 15) is 14.4 Å². The van der Waals surface area contributed by atoms with Gasteiger partial charge in [-0.1, -0.05) is 19.3 Å². The van der Waals surface area contributed by atoms with Gasteiger partial charge < -0.3 is 15.5 Å². The molecule has 0 spiro atoms. The summed E-state index contributed by atoms with van der Waals surface area (Å²) in [5, 5.41) is 5.96. The molecule has 3 amide bonds. The second kappa shape index (κ2) is 10.2. The molecule has 2 aliphatic rings. The number of carbonyl (C=O) groups is 3. The molecule has 160 valence electrons. The molecule has 1 saturated heterocycles. The van der Waals surface area contributed by atoms with Crippen molar-refractivity contribution in [1.82, 2.24) is 20.4 Å². The van der Waals surface area contributed by atoms with E-state index in [1.807, 2.05) is 25.7 Å². The summed E-state index contributed by atoms with van der Waals surface area (Å²) in [7, 11) is 1.77. The van der Waals surface area contributed by atoms with Gasteiger partial charge in [-0.05, 0) is 53.5 Å². The number of piperidine rings is 1. The van der Waals surface area contributed by atoms with Crippen LogP contribution in [0, 0.1) is 5.92 Å². The van der Waals surface area contributed by atoms with E-state index < -0.39 is 0 Å². The average molecular weight is 395 g/mol. The van der Waals surface area contributed by atoms with Crippen molar-refractivity contribution in [3.8, 4) is 0 Å². The van der Waals surface area contributed by atoms with Crippen molar-refractivity contribution in [2.24, 2.45) is 5.92 Å². The smallest absolute Gasteiger partial charge is 0.234 e. The van der Waals surface area contributed by atoms with E-state index in [4.69, 9.17) is 0 Å². The molecule has 0 aromatic rings. The minimum Gasteiger partial charge on any atom is -0.352 e. The lowest BCUT2D eigenvalue weighted by Crippen LogP contribution is -2.50. The first-order valence-electron chi connectivity index (χ1n) is 10.7. The molecule has 0 radical (unpaired) electrons. The lowest BCUT2D eigenvalue weighted by molar-refractivity contribution is -0.137. The third kappa shape index (κ3) is 7.78. The number of amides is 3. The summed E-state index contributed by atoms with van der Waals surface area (Å²) in [5.74, 6) is 0.377. The van der Waals surface area contributed by atoms with Gasteiger partial charge in [-0.2, -0.15) is 0 Å². The second-order valence-electron chi connectivity index (χ2n) is 9.47. The number of rotatable bonds is 6. The van der Waals surface area contributed by atoms with Gasteiger partial charge in [0.25, 0.3) is 0 Å². The molecule has 1 heterocycles. The molecule has 7 nitrogen and oxygen atoms in total. The molecule has 0 aromatic carbocycles. The van der Waals surface area contributed by atoms with Gasteiger partial charge >= 0.3 is 0 Å². The van der Waals surface area contributed by atoms with E-state index >= 15 is 0 Å². The first-order valence-corrected chi connectivity index (χ1v) is 10.7. The first-order chi connectivity index (χ1) is 13.1. The molecule has 0 unspecified atom stereocenters. The van der Waals surface area contributed by atoms with Gasteiger partial charge in [-0.15, -0.1) is 0 Å². The zero-order chi connectivity index (χ0) is 20.7. The Labute approximate surface area is 169 Å². The van der Waals surface area contributed by atoms with E-state index in [-0.39, 0.29) is 42.4 Å². The molecule has 1 aliphatic heterocycles. The van der Waals surface area contributed by atoms with Crippen LogP contribution in [-0.4, -0.2) is 72.3 Å². The van der Waals surface area contributed by atoms with Gasteiger partial charge in [0, 0.05) is 30.6 Å². The maximum Gasteiger partial charge on any atom is 0.234 e. The number of carbonyl (C=O) groups excluding carboxylic acids is 3. The van der Waals surface area contributed by atoms with Crippen molar-refractivity contribution in [3.63, 3.8) is 0 Å². The Bertz CT molecular complexity index is 544. The van der Waals surface area contributed by atoms with E-state index in [1.54, 1.807) is 11.9 Å². The van der Waals surface area contributed by atoms with Crippen LogP contribution in [-0.2, 0) is 14.4 Å². The Morgan fingerprint density at radius 1 is 0.929 bits per heavy atom. The zero-order valence-electron chi connectivity index (χ0n) is 18.1. The van der Waals surface area contributed by atoms with Gasteiger partial charge in [0.05, 0.1) is 13.1 Å². The molecule has 1 aliphatic carbocycles. The quantitative estimate of drug-likeness (QED) is 0.716. The third-order valence-electron chi connectivity index (χ3n) is 5.47. The van der Waals surface area contributed by atoms with Crippen LogP contribution in [0.15, 0.2) is 0 Å². The SMILES string of the molecule is CN(CC(=O)NC1CCN(C(=O)C2CCCCC2)CC1)CC(=O)NC(C)(C)C. The topological polar surface area (TPSA) is 81.8 Å². The summed E-state index contributed by atoms with van der Waals surface area (Å²) >= 11 is 0. The van der Waals surface area contributed by atoms with Crippen LogP contribution >= 0.6 is 0 Å². The predicted molar refractivity (Wildman–Crippen MR) is 110 cm³/mol. The molecule has 0 aromatic heterocycles. The van der Waals surface area contributed by atoms with Crippen LogP contribution in [0.1, 0.15) is 65.7 Å². The first kappa shape index (κ1) is 22.7. The normalized spacial score (nSPS) is 19.5. The molecule has 7 heteroatoms. The van der Waals surface area contributed by atoms with Crippen molar-refractivity contribution in [3.05, 3.63) is 0 Å². The summed E-state index contributed by atoms with van der Waals surface area (Å²) < 4.78 is 0. The number of likely N-dealkylation sites (N-methyl/N-ethyl adjacent to an activating group) is 1. The number of hydrogen-bond acceptors (Lipinski definition) is 4. The summed E-state index contributed by atoms with van der Waals surface area (Å²) in [6, 6.07) is 0.111. The Morgan fingerprint density at radius 2 is 1.50 bits per heavy atom. The Balaban J connectivity index is 1.67. The highest BCUT2D eigenvalue weighted by Gasteiger charge is 2.29. The number of nitrogens with zero attached hydrogens (tertiary/aromatic N) is 2. The molecule has 2 N–H and O–H groups in total. The number of hydrogen-bond donors (Lipinski definition) is 2. The van der Waals surface area contributed by atoms with Crippen LogP contribution in [0.3, 0.4) is 0 Å². The van der Waals surface area contributed by atoms with Crippen LogP contribution in [0.5, 0.6) is 0 Å². The molecule has 2 rings (SSSR count). The summed E-state index contributed by atoms with van der Waals surface area (Å²) in [4.78, 5) is 40.6. The third-order valence-corrected chi connectivity index (χ3v) is 5.47. The lowest BCUT2D eigenvalue weighted by atomic mass is 9.87. The summed E-state index contributed by atoms with van der Waals surface area (Å²) in [6.45, 7) is 7.64. The van der Waals surface area contributed by atoms with Gasteiger partial charge in [0.2, 0.25) is 17.7 Å². The van der Waals surface area contributed by atoms with Crippen molar-refractivity contribution >= 4 is 17.7 Å². The van der Waals surface area contributed by atoms with Gasteiger partial charge in [-0.3, -0.25) is 19.3 Å². The standard InChI is InChI=1S/C21H38N4O3/c1-21(2,3)23-19(27)15-24(4)14-18(26)22-17-10-12-25(13-11-17)20(28)16-8-6-5-7-9-16/h16-17H,5-15H2,1-4H3,(H,22,26)(H,23,27). The monoisotopic (exact) mass is 394 g/mol. The van der Waals surface area contributed by atoms with Gasteiger partial charge in [0.1, 0.15) is 0 Å². The average Bonchev–Trinajstić information content (AvgIpc) is 2.60. The maximum absolute atomic E-state index is 12.6. The van der Waals surface area contributed by atoms with E-state index in [1.165, 1.54) is 19.3 Å². The highest BCUT2D eigenvalue weighted by molar-refractivity contribution is 5.81. The van der Waals surface area contributed by atoms with Crippen LogP contribution in [0.4, 0.5) is 0 Å². The van der Waals surface area contributed by atoms with Crippen LogP contribution < -0.4 is 10.6 Å². The number of likely N-dealkylation sites (tertiary alicyclic amines) is 1. The van der Waals surface area contributed by atoms with Crippen molar-refractivity contribution < 1.29 is 14.4 Å². The van der Waals surface area contributed by atoms with Gasteiger partial charge in [-0.25, -0.2) is 0 Å². The van der Waals surface area contributed by atoms with E-state index in [0.717, 1.165) is 38.8 Å². The van der Waals surface area contributed by atoms with Crippen molar-refractivity contribution in [1.29, 1.82) is 0 Å². The Kier molecular flexibility index (Phi) is 8.28. The maximum atomic E-state index is 12.6. The van der Waals surface area contributed by atoms with Crippen LogP contribution in [0.25, 0.3) is 0 Å². The minimum atomic E-state index is -0.275. The zero-order valence-corrected chi connectivity index (χ0v) is 18.1. The van der Waals surface area contributed by atoms with Crippen molar-refractivity contribution in [2.45, 2.75) is 77.3 Å². The van der Waals surface area contributed by atoms with Gasteiger partial charge in [0.15, 0.2) is 0 Å². The predicted octanol–water partition coefficient (Wildman–Crippen LogP) is 1.52. The van der Waals surface area contributed by atoms with E-state index in [2.05, 4.69) is 10.6 Å². The molecular weight excluding hydrogens is 356 g/mol. The molecule has 28 heavy (non-hydrogen) atoms. The fourth-order valence-corrected chi connectivity index (χ4v) is 4.13. The number of nitrogens with one attached hydrogen (secondary N) is 2. The molecule has 1 saturated carbocycles. The largest absolute Gasteiger partial charge is 0.352 e. The molecule has 2 fully saturated rings. The molecular formula is C21H38N4O3. The fraction of sp³-hybridized carbons (Fsp3) is 0.857. The lowest BCUT2D eigenvalue weighted by Gasteiger charge is -2.35. The Morgan fingerprint density at radius 3 is 2.07 bits per heavy atom.